The first-order valence-corrected chi connectivity index (χ1v) is 7.72. The molecule has 0 amide bonds. The van der Waals surface area contributed by atoms with Crippen molar-refractivity contribution >= 4 is 22.5 Å². The minimum Gasteiger partial charge on any atom is -0.382 e. The number of unbranched alkanes of at least 4 members (excludes halogenated alkanes) is 1. The van der Waals surface area contributed by atoms with Crippen molar-refractivity contribution in [3.63, 3.8) is 0 Å². The van der Waals surface area contributed by atoms with E-state index in [0.29, 0.717) is 0 Å². The number of nitrogens with zero attached hydrogens (tertiary/aromatic N) is 1. The van der Waals surface area contributed by atoms with Gasteiger partial charge in [0.25, 0.3) is 0 Å². The second-order valence-corrected chi connectivity index (χ2v) is 5.24. The molecule has 1 heterocycles. The molecule has 110 valence electrons. The molecule has 0 aliphatic heterocycles. The fourth-order valence-corrected chi connectivity index (χ4v) is 2.54. The molecular formula is C16H23ClN2O. The van der Waals surface area contributed by atoms with Crippen LogP contribution in [-0.2, 0) is 11.3 Å². The lowest BCUT2D eigenvalue weighted by Gasteiger charge is -2.07. The Hall–Kier alpha value is -1.03. The Morgan fingerprint density at radius 3 is 2.95 bits per heavy atom. The summed E-state index contributed by atoms with van der Waals surface area (Å²) >= 11 is 6.17. The Morgan fingerprint density at radius 1 is 1.20 bits per heavy atom. The van der Waals surface area contributed by atoms with Crippen LogP contribution in [0.2, 0.25) is 5.02 Å². The standard InChI is InChI=1S/C16H23ClN2O/c1-2-20-13-4-3-9-18-10-12-19-11-8-14-15(17)6-5-7-16(14)19/h5-8,11,18H,2-4,9-10,12-13H2,1H3. The van der Waals surface area contributed by atoms with Crippen molar-refractivity contribution in [2.75, 3.05) is 26.3 Å². The summed E-state index contributed by atoms with van der Waals surface area (Å²) in [5.41, 5.74) is 1.20. The molecule has 0 aliphatic carbocycles. The number of hydrogen-bond donors (Lipinski definition) is 1. The van der Waals surface area contributed by atoms with E-state index in [1.54, 1.807) is 0 Å². The van der Waals surface area contributed by atoms with Gasteiger partial charge < -0.3 is 14.6 Å². The zero-order valence-electron chi connectivity index (χ0n) is 12.1. The van der Waals surface area contributed by atoms with Crippen molar-refractivity contribution in [1.29, 1.82) is 0 Å². The molecule has 1 aromatic heterocycles. The van der Waals surface area contributed by atoms with Crippen LogP contribution in [-0.4, -0.2) is 30.9 Å². The number of nitrogens with one attached hydrogen (secondary N) is 1. The second kappa shape index (κ2) is 8.30. The average molecular weight is 295 g/mol. The van der Waals surface area contributed by atoms with Crippen LogP contribution >= 0.6 is 11.6 Å². The van der Waals surface area contributed by atoms with E-state index in [0.717, 1.165) is 56.1 Å². The Balaban J connectivity index is 1.70. The van der Waals surface area contributed by atoms with Crippen molar-refractivity contribution in [3.05, 3.63) is 35.5 Å². The zero-order chi connectivity index (χ0) is 14.2. The zero-order valence-corrected chi connectivity index (χ0v) is 12.8. The van der Waals surface area contributed by atoms with E-state index >= 15 is 0 Å². The van der Waals surface area contributed by atoms with Gasteiger partial charge in [0.15, 0.2) is 0 Å². The summed E-state index contributed by atoms with van der Waals surface area (Å²) in [7, 11) is 0. The highest BCUT2D eigenvalue weighted by molar-refractivity contribution is 6.35. The summed E-state index contributed by atoms with van der Waals surface area (Å²) in [5.74, 6) is 0. The maximum absolute atomic E-state index is 6.17. The lowest BCUT2D eigenvalue weighted by atomic mass is 10.2. The average Bonchev–Trinajstić information content (AvgIpc) is 2.87. The minimum atomic E-state index is 0.816. The van der Waals surface area contributed by atoms with E-state index in [1.807, 2.05) is 19.1 Å². The summed E-state index contributed by atoms with van der Waals surface area (Å²) in [6.45, 7) is 6.72. The van der Waals surface area contributed by atoms with Gasteiger partial charge in [-0.15, -0.1) is 0 Å². The molecule has 2 rings (SSSR count). The molecule has 3 nitrogen and oxygen atoms in total. The summed E-state index contributed by atoms with van der Waals surface area (Å²) in [4.78, 5) is 0. The fraction of sp³-hybridized carbons (Fsp3) is 0.500. The van der Waals surface area contributed by atoms with Gasteiger partial charge in [0.2, 0.25) is 0 Å². The van der Waals surface area contributed by atoms with E-state index < -0.39 is 0 Å². The van der Waals surface area contributed by atoms with Crippen LogP contribution in [0.3, 0.4) is 0 Å². The molecule has 0 fully saturated rings. The Kier molecular flexibility index (Phi) is 6.37. The smallest absolute Gasteiger partial charge is 0.0499 e. The monoisotopic (exact) mass is 294 g/mol. The molecule has 0 saturated heterocycles. The topological polar surface area (TPSA) is 26.2 Å². The lowest BCUT2D eigenvalue weighted by molar-refractivity contribution is 0.143. The van der Waals surface area contributed by atoms with Gasteiger partial charge in [-0.3, -0.25) is 0 Å². The van der Waals surface area contributed by atoms with Crippen molar-refractivity contribution in [3.8, 4) is 0 Å². The van der Waals surface area contributed by atoms with Crippen LogP contribution in [0.1, 0.15) is 19.8 Å². The third-order valence-electron chi connectivity index (χ3n) is 3.39. The summed E-state index contributed by atoms with van der Waals surface area (Å²) in [6, 6.07) is 8.14. The van der Waals surface area contributed by atoms with Crippen LogP contribution in [0.15, 0.2) is 30.5 Å². The minimum absolute atomic E-state index is 0.816. The predicted molar refractivity (Wildman–Crippen MR) is 85.5 cm³/mol. The first-order chi connectivity index (χ1) is 9.83. The highest BCUT2D eigenvalue weighted by atomic mass is 35.5. The van der Waals surface area contributed by atoms with E-state index in [-0.39, 0.29) is 0 Å². The third-order valence-corrected chi connectivity index (χ3v) is 3.72. The van der Waals surface area contributed by atoms with Crippen molar-refractivity contribution in [1.82, 2.24) is 9.88 Å². The molecule has 2 aromatic rings. The molecule has 0 spiro atoms. The maximum Gasteiger partial charge on any atom is 0.0499 e. The highest BCUT2D eigenvalue weighted by Gasteiger charge is 2.03. The molecule has 0 unspecified atom stereocenters. The predicted octanol–water partition coefficient (Wildman–Crippen LogP) is 3.70. The van der Waals surface area contributed by atoms with Gasteiger partial charge in [-0.2, -0.15) is 0 Å². The van der Waals surface area contributed by atoms with Gasteiger partial charge in [-0.25, -0.2) is 0 Å². The third kappa shape index (κ3) is 4.23. The summed E-state index contributed by atoms with van der Waals surface area (Å²) in [5, 5.41) is 5.43. The molecule has 1 aromatic carbocycles. The van der Waals surface area contributed by atoms with Gasteiger partial charge in [0.05, 0.1) is 0 Å². The maximum atomic E-state index is 6.17. The van der Waals surface area contributed by atoms with Gasteiger partial charge in [-0.05, 0) is 44.5 Å². The van der Waals surface area contributed by atoms with Gasteiger partial charge in [-0.1, -0.05) is 17.7 Å². The van der Waals surface area contributed by atoms with Crippen molar-refractivity contribution in [2.45, 2.75) is 26.3 Å². The molecule has 0 radical (unpaired) electrons. The molecule has 0 saturated carbocycles. The number of benzene rings is 1. The number of ether oxygens (including phenoxy) is 1. The van der Waals surface area contributed by atoms with Crippen molar-refractivity contribution in [2.24, 2.45) is 0 Å². The first kappa shape index (κ1) is 15.4. The number of rotatable bonds is 9. The molecule has 1 N–H and O–H groups in total. The van der Waals surface area contributed by atoms with Crippen LogP contribution < -0.4 is 5.32 Å². The number of aromatic nitrogens is 1. The SMILES string of the molecule is CCOCCCCNCCn1ccc2c(Cl)cccc21. The van der Waals surface area contributed by atoms with Crippen LogP contribution in [0.4, 0.5) is 0 Å². The van der Waals surface area contributed by atoms with Gasteiger partial charge in [0.1, 0.15) is 0 Å². The molecule has 0 aliphatic rings. The van der Waals surface area contributed by atoms with Crippen LogP contribution in [0.5, 0.6) is 0 Å². The van der Waals surface area contributed by atoms with Crippen molar-refractivity contribution < 1.29 is 4.74 Å². The molecule has 0 bridgehead atoms. The Bertz CT molecular complexity index is 524. The lowest BCUT2D eigenvalue weighted by Crippen LogP contribution is -2.21. The molecular weight excluding hydrogens is 272 g/mol. The number of hydrogen-bond acceptors (Lipinski definition) is 2. The van der Waals surface area contributed by atoms with E-state index in [1.165, 1.54) is 5.52 Å². The highest BCUT2D eigenvalue weighted by Crippen LogP contribution is 2.23. The molecule has 0 atom stereocenters. The van der Waals surface area contributed by atoms with Gasteiger partial charge in [0, 0.05) is 48.4 Å². The largest absolute Gasteiger partial charge is 0.382 e. The number of halogens is 1. The fourth-order valence-electron chi connectivity index (χ4n) is 2.30. The Labute approximate surface area is 125 Å². The molecule has 4 heteroatoms. The van der Waals surface area contributed by atoms with E-state index in [4.69, 9.17) is 16.3 Å². The van der Waals surface area contributed by atoms with Gasteiger partial charge >= 0.3 is 0 Å². The van der Waals surface area contributed by atoms with E-state index in [9.17, 15) is 0 Å². The molecule has 20 heavy (non-hydrogen) atoms. The quantitative estimate of drug-likeness (QED) is 0.714. The second-order valence-electron chi connectivity index (χ2n) is 4.84. The normalized spacial score (nSPS) is 11.3. The Morgan fingerprint density at radius 2 is 2.10 bits per heavy atom. The first-order valence-electron chi connectivity index (χ1n) is 7.34. The van der Waals surface area contributed by atoms with Crippen LogP contribution in [0.25, 0.3) is 10.9 Å². The summed E-state index contributed by atoms with van der Waals surface area (Å²) in [6.07, 6.45) is 4.40. The van der Waals surface area contributed by atoms with Crippen LogP contribution in [0, 0.1) is 0 Å². The number of fused-ring (bicyclic) bond motifs is 1. The van der Waals surface area contributed by atoms with E-state index in [2.05, 4.69) is 28.2 Å². The summed E-state index contributed by atoms with van der Waals surface area (Å²) < 4.78 is 7.56.